The Labute approximate surface area is 508 Å². The summed E-state index contributed by atoms with van der Waals surface area (Å²) in [7, 11) is 0. The second-order valence-corrected chi connectivity index (χ2v) is 15.7. The van der Waals surface area contributed by atoms with E-state index in [0.29, 0.717) is 28.5 Å². The Morgan fingerprint density at radius 3 is 1.33 bits per heavy atom. The zero-order valence-electron chi connectivity index (χ0n) is 43.9. The Balaban J connectivity index is 0.000000254. The van der Waals surface area contributed by atoms with Crippen molar-refractivity contribution >= 4 is 41.4 Å². The Morgan fingerprint density at radius 2 is 1.00 bits per heavy atom. The number of carboxylic acid groups (broad SMARTS) is 2. The summed E-state index contributed by atoms with van der Waals surface area (Å²) in [4.78, 5) is 106. The Kier molecular flexibility index (Phi) is 30.3. The molecule has 10 heterocycles. The summed E-state index contributed by atoms with van der Waals surface area (Å²) in [6.07, 6.45) is 6.51. The SMILES string of the molecule is CC(=O)c1ccccn1.Cc1ccc(-c2ccccn2)nn1.O=C(CC(O)C(=O)[O-])c1ccccn1.O=C1NN=C(c2ccccn2)CC1O.O=CC(=O)O.O=c1ccc(-c2ccccn2)n[nH]1.O=c1ccc(-c2ccccn2)n[nH]1.[K+]. The summed E-state index contributed by atoms with van der Waals surface area (Å²) in [5.74, 6) is -4.07. The number of aldehydes is 1. The van der Waals surface area contributed by atoms with Crippen molar-refractivity contribution in [1.29, 1.82) is 0 Å². The smallest absolute Gasteiger partial charge is 0.547 e. The van der Waals surface area contributed by atoms with Crippen LogP contribution in [0.25, 0.3) is 34.2 Å². The van der Waals surface area contributed by atoms with Crippen LogP contribution < -0.4 is 73.0 Å². The molecule has 2 unspecified atom stereocenters. The van der Waals surface area contributed by atoms with Gasteiger partial charge in [-0.1, -0.05) is 36.4 Å². The number of Topliss-reactive ketones (excluding diaryl/α,β-unsaturated/α-hetero) is 2. The van der Waals surface area contributed by atoms with Crippen LogP contribution in [0.1, 0.15) is 52.1 Å². The summed E-state index contributed by atoms with van der Waals surface area (Å²) >= 11 is 0. The first-order valence-electron chi connectivity index (χ1n) is 23.6. The van der Waals surface area contributed by atoms with Gasteiger partial charge in [0.2, 0.25) is 6.29 Å². The molecule has 0 saturated heterocycles. The fourth-order valence-corrected chi connectivity index (χ4v) is 5.73. The molecule has 9 aromatic heterocycles. The predicted molar refractivity (Wildman–Crippen MR) is 288 cm³/mol. The largest absolute Gasteiger partial charge is 1.00 e. The molecular weight excluding hydrogens is 1090 g/mol. The van der Waals surface area contributed by atoms with Gasteiger partial charge in [0.1, 0.15) is 40.7 Å². The van der Waals surface area contributed by atoms with Crippen LogP contribution in [-0.2, 0) is 19.2 Å². The van der Waals surface area contributed by atoms with E-state index in [1.807, 2.05) is 79.7 Å². The van der Waals surface area contributed by atoms with E-state index in [4.69, 9.17) is 19.8 Å². The Morgan fingerprint density at radius 1 is 0.585 bits per heavy atom. The van der Waals surface area contributed by atoms with Gasteiger partial charge in [0.15, 0.2) is 11.6 Å². The van der Waals surface area contributed by atoms with Crippen LogP contribution in [0.3, 0.4) is 0 Å². The van der Waals surface area contributed by atoms with E-state index < -0.39 is 42.3 Å². The number of nitrogens with zero attached hydrogens (tertiary/aromatic N) is 11. The average molecular weight is 1140 g/mol. The van der Waals surface area contributed by atoms with E-state index in [-0.39, 0.29) is 86.7 Å². The van der Waals surface area contributed by atoms with E-state index in [2.05, 4.69) is 71.0 Å². The number of hydrogen-bond donors (Lipinski definition) is 6. The number of hydrazone groups is 1. The zero-order chi connectivity index (χ0) is 58.8. The molecule has 412 valence electrons. The van der Waals surface area contributed by atoms with E-state index in [1.165, 1.54) is 31.3 Å². The molecule has 0 aliphatic carbocycles. The van der Waals surface area contributed by atoms with Crippen molar-refractivity contribution in [1.82, 2.24) is 65.9 Å². The number of aryl methyl sites for hydroxylation is 1. The molecule has 2 atom stereocenters. The van der Waals surface area contributed by atoms with Gasteiger partial charge in [0.25, 0.3) is 17.0 Å². The molecule has 0 saturated carbocycles. The second kappa shape index (κ2) is 37.3. The minimum absolute atomic E-state index is 0. The standard InChI is InChI=1S/C10H9N3.C9H9N3O2.2C9H7N3O.C9H9NO4.C7H7NO.C2H2O3.K/c1-8-5-6-10(13-12-8)9-4-2-3-7-11-9;13-8-5-7(11-12-9(8)14)6-3-1-2-4-10-6;2*13-9-5-4-8(11-12-9)7-3-1-2-6-10-7;11-7(5-8(12)9(13)14)6-3-1-2-4-10-6;1-6(9)7-4-2-3-5-8-7;3-1-2(4)5;/h2-7H,1H3;1-4,8,13H,5H2,(H,12,14);2*1-6H,(H,12,13);1-4,8,12H,5H2,(H,13,14);2-5H,1H3;1H,(H,4,5);/q;;;;;;;+1/p-1. The van der Waals surface area contributed by atoms with E-state index in [1.54, 1.807) is 85.6 Å². The molecule has 27 heteroatoms. The number of amides is 1. The molecule has 10 rings (SSSR count). The number of nitrogens with one attached hydrogen (secondary N) is 3. The number of rotatable bonds is 10. The molecule has 9 aromatic rings. The molecule has 1 aliphatic heterocycles. The maximum absolute atomic E-state index is 11.2. The van der Waals surface area contributed by atoms with Crippen LogP contribution in [-0.4, -0.2) is 129 Å². The number of aromatic amines is 2. The van der Waals surface area contributed by atoms with E-state index in [9.17, 15) is 39.0 Å². The van der Waals surface area contributed by atoms with Crippen molar-refractivity contribution in [2.24, 2.45) is 5.10 Å². The third-order valence-corrected chi connectivity index (χ3v) is 9.62. The van der Waals surface area contributed by atoms with Gasteiger partial charge >= 0.3 is 57.4 Å². The quantitative estimate of drug-likeness (QED) is 0.0435. The fraction of sp³-hybridized carbons (Fsp3) is 0.109. The molecular formula is C55H49KN14O12. The molecule has 0 spiro atoms. The molecule has 0 bridgehead atoms. The monoisotopic (exact) mass is 1140 g/mol. The van der Waals surface area contributed by atoms with Crippen LogP contribution in [0.15, 0.2) is 197 Å². The number of hydrogen-bond acceptors (Lipinski definition) is 22. The van der Waals surface area contributed by atoms with Gasteiger partial charge in [-0.15, -0.1) is 5.10 Å². The summed E-state index contributed by atoms with van der Waals surface area (Å²) < 4.78 is 0. The molecule has 0 fully saturated rings. The predicted octanol–water partition coefficient (Wildman–Crippen LogP) is -0.499. The Bertz CT molecular complexity index is 3410. The first-order valence-corrected chi connectivity index (χ1v) is 23.6. The summed E-state index contributed by atoms with van der Waals surface area (Å²) in [5.41, 5.74) is 9.16. The van der Waals surface area contributed by atoms with Gasteiger partial charge in [0.05, 0.1) is 40.2 Å². The number of pyridine rings is 6. The van der Waals surface area contributed by atoms with Crippen molar-refractivity contribution in [2.75, 3.05) is 0 Å². The molecule has 0 radical (unpaired) electrons. The number of aliphatic hydroxyl groups excluding tert-OH is 2. The van der Waals surface area contributed by atoms with Crippen LogP contribution >= 0.6 is 0 Å². The fourth-order valence-electron chi connectivity index (χ4n) is 5.73. The van der Waals surface area contributed by atoms with Gasteiger partial charge in [0, 0.05) is 69.1 Å². The molecule has 1 aliphatic rings. The van der Waals surface area contributed by atoms with Gasteiger partial charge in [-0.25, -0.2) is 20.4 Å². The van der Waals surface area contributed by atoms with Gasteiger partial charge in [-0.3, -0.25) is 58.7 Å². The number of ketones is 2. The van der Waals surface area contributed by atoms with Gasteiger partial charge < -0.3 is 25.2 Å². The normalized spacial score (nSPS) is 11.8. The zero-order valence-corrected chi connectivity index (χ0v) is 47.0. The number of H-pyrrole nitrogens is 2. The first-order chi connectivity index (χ1) is 39.0. The van der Waals surface area contributed by atoms with Crippen molar-refractivity contribution in [3.8, 4) is 34.2 Å². The number of aliphatic carboxylic acids is 2. The maximum Gasteiger partial charge on any atom is 1.00 e. The third kappa shape index (κ3) is 25.5. The number of carbonyl (C=O) groups excluding carboxylic acids is 5. The number of carboxylic acids is 2. The number of aromatic nitrogens is 12. The topological polar surface area (TPSA) is 405 Å². The van der Waals surface area contributed by atoms with Crippen molar-refractivity contribution < 1.29 is 101 Å². The van der Waals surface area contributed by atoms with Crippen molar-refractivity contribution in [3.05, 3.63) is 226 Å². The van der Waals surface area contributed by atoms with Crippen LogP contribution in [0.2, 0.25) is 0 Å². The van der Waals surface area contributed by atoms with Crippen LogP contribution in [0.5, 0.6) is 0 Å². The Hall–Kier alpha value is -9.61. The summed E-state index contributed by atoms with van der Waals surface area (Å²) in [6.45, 7) is 3.41. The van der Waals surface area contributed by atoms with Crippen molar-refractivity contribution in [3.63, 3.8) is 0 Å². The van der Waals surface area contributed by atoms with Gasteiger partial charge in [-0.05, 0) is 104 Å². The maximum atomic E-state index is 11.2. The number of carbonyl (C=O) groups is 6. The number of aliphatic hydroxyl groups is 2. The van der Waals surface area contributed by atoms with Crippen LogP contribution in [0.4, 0.5) is 0 Å². The van der Waals surface area contributed by atoms with Crippen molar-refractivity contribution in [2.45, 2.75) is 38.9 Å². The minimum Gasteiger partial charge on any atom is -0.547 e. The minimum atomic E-state index is -1.77. The van der Waals surface area contributed by atoms with E-state index >= 15 is 0 Å². The summed E-state index contributed by atoms with van der Waals surface area (Å²) in [5, 5.41) is 59.9. The third-order valence-electron chi connectivity index (χ3n) is 9.62. The first kappa shape index (κ1) is 66.7. The molecule has 26 nitrogen and oxygen atoms in total. The molecule has 82 heavy (non-hydrogen) atoms. The van der Waals surface area contributed by atoms with Gasteiger partial charge in [-0.2, -0.15) is 20.4 Å². The molecule has 6 N–H and O–H groups in total. The summed E-state index contributed by atoms with van der Waals surface area (Å²) in [6, 6.07) is 42.1. The molecule has 1 amide bonds. The van der Waals surface area contributed by atoms with E-state index in [0.717, 1.165) is 28.5 Å². The second-order valence-electron chi connectivity index (χ2n) is 15.7. The molecule has 0 aromatic carbocycles. The van der Waals surface area contributed by atoms with Crippen LogP contribution in [0, 0.1) is 6.92 Å². The average Bonchev–Trinajstić information content (AvgIpc) is 3.51.